The molecule has 0 radical (unpaired) electrons. The van der Waals surface area contributed by atoms with Gasteiger partial charge in [-0.1, -0.05) is 30.0 Å². The van der Waals surface area contributed by atoms with Crippen LogP contribution in [0.25, 0.3) is 0 Å². The van der Waals surface area contributed by atoms with Crippen LogP contribution in [-0.4, -0.2) is 42.2 Å². The van der Waals surface area contributed by atoms with Gasteiger partial charge >= 0.3 is 0 Å². The molecule has 1 aromatic carbocycles. The largest absolute Gasteiger partial charge is 0.368 e. The van der Waals surface area contributed by atoms with E-state index in [2.05, 4.69) is 28.1 Å². The van der Waals surface area contributed by atoms with E-state index in [1.807, 2.05) is 36.1 Å². The Balaban J connectivity index is 1.64. The minimum atomic E-state index is -0.376. The highest BCUT2D eigenvalue weighted by Gasteiger charge is 2.27. The van der Waals surface area contributed by atoms with Crippen LogP contribution < -0.4 is 15.6 Å². The maximum Gasteiger partial charge on any atom is 0.289 e. The van der Waals surface area contributed by atoms with E-state index in [4.69, 9.17) is 11.0 Å². The second-order valence-electron chi connectivity index (χ2n) is 6.47. The standard InChI is InChI=1S/C20H20N6OS/c1-14(28-19-16(13-22)11-15(12-21)18(23)24-19)20(27)26-9-7-25(8-10-26)17-5-3-2-4-6-17/h2-6,11,14H,7-10H2,1H3,(H2,23,24)/p+1/t14-/m1/s1. The Morgan fingerprint density at radius 3 is 2.39 bits per heavy atom. The van der Waals surface area contributed by atoms with Gasteiger partial charge in [-0.2, -0.15) is 10.5 Å². The van der Waals surface area contributed by atoms with Gasteiger partial charge in [0.25, 0.3) is 5.82 Å². The SMILES string of the molecule is C[C@@H](Sc1[nH+]c(N)c(C#N)cc1C#N)C(=O)N1CCN(c2ccccc2)CC1. The monoisotopic (exact) mass is 393 g/mol. The zero-order chi connectivity index (χ0) is 20.1. The van der Waals surface area contributed by atoms with Gasteiger partial charge in [-0.25, -0.2) is 4.98 Å². The van der Waals surface area contributed by atoms with Crippen LogP contribution in [0.4, 0.5) is 11.5 Å². The van der Waals surface area contributed by atoms with Crippen molar-refractivity contribution in [3.63, 3.8) is 0 Å². The van der Waals surface area contributed by atoms with Gasteiger partial charge in [0.1, 0.15) is 23.3 Å². The van der Waals surface area contributed by atoms with E-state index < -0.39 is 0 Å². The van der Waals surface area contributed by atoms with Crippen LogP contribution >= 0.6 is 11.8 Å². The third-order valence-corrected chi connectivity index (χ3v) is 5.78. The van der Waals surface area contributed by atoms with Crippen LogP contribution in [0.2, 0.25) is 0 Å². The number of pyridine rings is 1. The topological polar surface area (TPSA) is 111 Å². The molecule has 28 heavy (non-hydrogen) atoms. The molecule has 1 atom stereocenters. The average Bonchev–Trinajstić information content (AvgIpc) is 2.74. The second-order valence-corrected chi connectivity index (χ2v) is 7.82. The van der Waals surface area contributed by atoms with Crippen molar-refractivity contribution < 1.29 is 9.78 Å². The number of nitrogen functional groups attached to an aromatic ring is 1. The van der Waals surface area contributed by atoms with E-state index in [0.717, 1.165) is 13.1 Å². The van der Waals surface area contributed by atoms with Gasteiger partial charge in [-0.15, -0.1) is 0 Å². The number of carbonyl (C=O) groups excluding carboxylic acids is 1. The highest BCUT2D eigenvalue weighted by atomic mass is 32.2. The first-order chi connectivity index (χ1) is 13.5. The van der Waals surface area contributed by atoms with Gasteiger partial charge < -0.3 is 9.80 Å². The summed E-state index contributed by atoms with van der Waals surface area (Å²) in [6.45, 7) is 4.70. The Kier molecular flexibility index (Phi) is 6.03. The van der Waals surface area contributed by atoms with Crippen molar-refractivity contribution in [2.75, 3.05) is 36.8 Å². The van der Waals surface area contributed by atoms with Gasteiger partial charge in [-0.05, 0) is 25.1 Å². The predicted molar refractivity (Wildman–Crippen MR) is 107 cm³/mol. The van der Waals surface area contributed by atoms with E-state index >= 15 is 0 Å². The molecule has 1 aliphatic heterocycles. The number of thioether (sulfide) groups is 1. The molecule has 142 valence electrons. The molecule has 0 unspecified atom stereocenters. The molecule has 3 N–H and O–H groups in total. The summed E-state index contributed by atoms with van der Waals surface area (Å²) in [4.78, 5) is 19.9. The number of aromatic amines is 1. The highest BCUT2D eigenvalue weighted by molar-refractivity contribution is 8.00. The molecule has 1 amide bonds. The van der Waals surface area contributed by atoms with Gasteiger partial charge in [-0.3, -0.25) is 10.5 Å². The van der Waals surface area contributed by atoms with E-state index in [0.29, 0.717) is 23.7 Å². The summed E-state index contributed by atoms with van der Waals surface area (Å²) in [6, 6.07) is 15.6. The fourth-order valence-corrected chi connectivity index (χ4v) is 4.13. The number of H-pyrrole nitrogens is 1. The number of nitrogens with zero attached hydrogens (tertiary/aromatic N) is 4. The van der Waals surface area contributed by atoms with Crippen molar-refractivity contribution in [2.24, 2.45) is 0 Å². The lowest BCUT2D eigenvalue weighted by atomic mass is 10.2. The van der Waals surface area contributed by atoms with Crippen molar-refractivity contribution in [1.82, 2.24) is 4.90 Å². The molecule has 0 spiro atoms. The second kappa shape index (κ2) is 8.64. The first-order valence-corrected chi connectivity index (χ1v) is 9.83. The summed E-state index contributed by atoms with van der Waals surface area (Å²) < 4.78 is 0. The zero-order valence-electron chi connectivity index (χ0n) is 15.6. The lowest BCUT2D eigenvalue weighted by Crippen LogP contribution is -2.50. The number of hydrogen-bond donors (Lipinski definition) is 1. The average molecular weight is 393 g/mol. The van der Waals surface area contributed by atoms with Gasteiger partial charge in [0.05, 0.1) is 5.25 Å². The molecular formula is C20H21N6OS+. The predicted octanol–water partition coefficient (Wildman–Crippen LogP) is 1.66. The number of benzene rings is 1. The minimum absolute atomic E-state index is 0.0259. The van der Waals surface area contributed by atoms with Crippen LogP contribution in [0, 0.1) is 22.7 Å². The highest BCUT2D eigenvalue weighted by Crippen LogP contribution is 2.26. The summed E-state index contributed by atoms with van der Waals surface area (Å²) >= 11 is 1.25. The maximum atomic E-state index is 12.9. The Bertz CT molecular complexity index is 942. The normalized spacial score (nSPS) is 14.8. The summed E-state index contributed by atoms with van der Waals surface area (Å²) in [7, 11) is 0. The van der Waals surface area contributed by atoms with Crippen LogP contribution in [0.3, 0.4) is 0 Å². The summed E-state index contributed by atoms with van der Waals surface area (Å²) in [5.41, 5.74) is 7.51. The molecule has 1 saturated heterocycles. The van der Waals surface area contributed by atoms with Crippen molar-refractivity contribution >= 4 is 29.2 Å². The molecule has 2 aromatic rings. The molecule has 0 aliphatic carbocycles. The van der Waals surface area contributed by atoms with Crippen molar-refractivity contribution in [3.05, 3.63) is 47.5 Å². The third-order valence-electron chi connectivity index (χ3n) is 4.67. The molecule has 1 fully saturated rings. The molecule has 0 bridgehead atoms. The number of piperazine rings is 1. The lowest BCUT2D eigenvalue weighted by molar-refractivity contribution is -0.410. The van der Waals surface area contributed by atoms with Crippen LogP contribution in [0.1, 0.15) is 18.1 Å². The van der Waals surface area contributed by atoms with Crippen LogP contribution in [-0.2, 0) is 4.79 Å². The molecule has 2 heterocycles. The Morgan fingerprint density at radius 1 is 1.14 bits per heavy atom. The fourth-order valence-electron chi connectivity index (χ4n) is 3.12. The van der Waals surface area contributed by atoms with Crippen LogP contribution in [0.15, 0.2) is 41.4 Å². The number of nitrogens with one attached hydrogen (secondary N) is 1. The Hall–Kier alpha value is -3.23. The zero-order valence-corrected chi connectivity index (χ0v) is 16.4. The quantitative estimate of drug-likeness (QED) is 0.791. The van der Waals surface area contributed by atoms with Crippen molar-refractivity contribution in [1.29, 1.82) is 10.5 Å². The fraction of sp³-hybridized carbons (Fsp3) is 0.300. The molecule has 1 aliphatic rings. The Morgan fingerprint density at radius 2 is 1.79 bits per heavy atom. The minimum Gasteiger partial charge on any atom is -0.368 e. The van der Waals surface area contributed by atoms with Gasteiger partial charge in [0.2, 0.25) is 5.91 Å². The summed E-state index contributed by atoms with van der Waals surface area (Å²) in [6.07, 6.45) is 0. The number of anilines is 2. The van der Waals surface area contributed by atoms with Crippen molar-refractivity contribution in [2.45, 2.75) is 17.2 Å². The first-order valence-electron chi connectivity index (χ1n) is 8.95. The van der Waals surface area contributed by atoms with E-state index in [1.165, 1.54) is 23.5 Å². The van der Waals surface area contributed by atoms with Gasteiger partial charge in [0, 0.05) is 31.9 Å². The van der Waals surface area contributed by atoms with Gasteiger partial charge in [0.15, 0.2) is 5.03 Å². The summed E-state index contributed by atoms with van der Waals surface area (Å²) in [5, 5.41) is 18.5. The number of rotatable bonds is 4. The number of para-hydroxylation sites is 1. The smallest absolute Gasteiger partial charge is 0.289 e. The van der Waals surface area contributed by atoms with Crippen molar-refractivity contribution in [3.8, 4) is 12.1 Å². The lowest BCUT2D eigenvalue weighted by Gasteiger charge is -2.37. The number of aromatic nitrogens is 1. The number of nitriles is 2. The van der Waals surface area contributed by atoms with E-state index in [-0.39, 0.29) is 22.5 Å². The van der Waals surface area contributed by atoms with E-state index in [9.17, 15) is 10.1 Å². The molecule has 3 rings (SSSR count). The number of nitrogens with two attached hydrogens (primary N) is 1. The number of amides is 1. The number of carbonyl (C=O) groups is 1. The number of hydrogen-bond acceptors (Lipinski definition) is 6. The third kappa shape index (κ3) is 4.19. The molecular weight excluding hydrogens is 372 g/mol. The first kappa shape index (κ1) is 19.5. The van der Waals surface area contributed by atoms with Crippen LogP contribution in [0.5, 0.6) is 0 Å². The summed E-state index contributed by atoms with van der Waals surface area (Å²) in [5.74, 6) is 0.220. The van der Waals surface area contributed by atoms with E-state index in [1.54, 1.807) is 0 Å². The maximum absolute atomic E-state index is 12.9. The molecule has 1 aromatic heterocycles. The molecule has 8 heteroatoms. The molecule has 0 saturated carbocycles. The molecule has 7 nitrogen and oxygen atoms in total. The Labute approximate surface area is 168 Å².